The van der Waals surface area contributed by atoms with Crippen molar-refractivity contribution in [2.75, 3.05) is 5.32 Å². The molecule has 0 aliphatic rings. The van der Waals surface area contributed by atoms with Crippen molar-refractivity contribution < 1.29 is 18.0 Å². The molecule has 3 aromatic rings. The average Bonchev–Trinajstić information content (AvgIpc) is 2.98. The van der Waals surface area contributed by atoms with Gasteiger partial charge < -0.3 is 4.42 Å². The van der Waals surface area contributed by atoms with E-state index < -0.39 is 17.5 Å². The first kappa shape index (κ1) is 16.4. The third-order valence-electron chi connectivity index (χ3n) is 2.99. The van der Waals surface area contributed by atoms with Crippen LogP contribution in [0, 0.1) is 11.6 Å². The topological polar surface area (TPSA) is 68.0 Å². The van der Waals surface area contributed by atoms with E-state index in [0.717, 1.165) is 18.2 Å². The number of carbonyl (C=O) groups is 1. The number of anilines is 1. The summed E-state index contributed by atoms with van der Waals surface area (Å²) in [6.07, 6.45) is 0. The van der Waals surface area contributed by atoms with Crippen LogP contribution >= 0.6 is 23.2 Å². The normalized spacial score (nSPS) is 10.7. The molecule has 1 heterocycles. The number of nitrogens with zero attached hydrogens (tertiary/aromatic N) is 2. The SMILES string of the molecule is O=C(Nc1nnc(-c2ccc(Cl)cc2Cl)o1)c1ccc(F)c(F)c1. The molecular weight excluding hydrogens is 363 g/mol. The van der Waals surface area contributed by atoms with Crippen molar-refractivity contribution in [3.05, 3.63) is 63.6 Å². The number of hydrogen-bond acceptors (Lipinski definition) is 4. The smallest absolute Gasteiger partial charge is 0.322 e. The van der Waals surface area contributed by atoms with E-state index in [9.17, 15) is 13.6 Å². The van der Waals surface area contributed by atoms with Gasteiger partial charge in [-0.15, -0.1) is 5.10 Å². The van der Waals surface area contributed by atoms with Gasteiger partial charge in [0.05, 0.1) is 10.6 Å². The average molecular weight is 370 g/mol. The fourth-order valence-electron chi connectivity index (χ4n) is 1.85. The van der Waals surface area contributed by atoms with Gasteiger partial charge in [0.25, 0.3) is 11.8 Å². The minimum atomic E-state index is -1.14. The zero-order valence-electron chi connectivity index (χ0n) is 11.7. The van der Waals surface area contributed by atoms with Gasteiger partial charge in [0, 0.05) is 10.6 Å². The van der Waals surface area contributed by atoms with Crippen molar-refractivity contribution in [1.29, 1.82) is 0 Å². The Morgan fingerprint density at radius 2 is 1.83 bits per heavy atom. The molecule has 122 valence electrons. The molecule has 0 saturated carbocycles. The molecule has 0 spiro atoms. The summed E-state index contributed by atoms with van der Waals surface area (Å²) in [5, 5.41) is 10.4. The van der Waals surface area contributed by atoms with Crippen LogP contribution in [-0.2, 0) is 0 Å². The Bertz CT molecular complexity index is 931. The van der Waals surface area contributed by atoms with Crippen LogP contribution < -0.4 is 5.32 Å². The second-order valence-electron chi connectivity index (χ2n) is 4.62. The van der Waals surface area contributed by atoms with E-state index in [1.807, 2.05) is 0 Å². The van der Waals surface area contributed by atoms with Gasteiger partial charge in [-0.3, -0.25) is 10.1 Å². The number of halogens is 4. The first-order valence-electron chi connectivity index (χ1n) is 6.49. The molecular formula is C15H7Cl2F2N3O2. The summed E-state index contributed by atoms with van der Waals surface area (Å²) in [5.74, 6) is -2.85. The first-order valence-corrected chi connectivity index (χ1v) is 7.25. The lowest BCUT2D eigenvalue weighted by molar-refractivity contribution is 0.102. The number of amides is 1. The standard InChI is InChI=1S/C15H7Cl2F2N3O2/c16-8-2-3-9(10(17)6-8)14-21-22-15(24-14)20-13(23)7-1-4-11(18)12(19)5-7/h1-6H,(H,20,22,23). The highest BCUT2D eigenvalue weighted by Crippen LogP contribution is 2.30. The molecule has 1 amide bonds. The van der Waals surface area contributed by atoms with Crippen molar-refractivity contribution in [2.24, 2.45) is 0 Å². The van der Waals surface area contributed by atoms with Crippen LogP contribution in [0.4, 0.5) is 14.8 Å². The number of hydrogen-bond donors (Lipinski definition) is 1. The summed E-state index contributed by atoms with van der Waals surface area (Å²) in [7, 11) is 0. The molecule has 9 heteroatoms. The van der Waals surface area contributed by atoms with Gasteiger partial charge in [0.15, 0.2) is 11.6 Å². The van der Waals surface area contributed by atoms with Crippen LogP contribution in [0.1, 0.15) is 10.4 Å². The maximum atomic E-state index is 13.1. The number of benzene rings is 2. The van der Waals surface area contributed by atoms with Crippen molar-refractivity contribution in [3.63, 3.8) is 0 Å². The molecule has 0 atom stereocenters. The van der Waals surface area contributed by atoms with Crippen molar-refractivity contribution in [3.8, 4) is 11.5 Å². The summed E-state index contributed by atoms with van der Waals surface area (Å²) in [6, 6.07) is 7.19. The lowest BCUT2D eigenvalue weighted by atomic mass is 10.2. The summed E-state index contributed by atoms with van der Waals surface area (Å²) in [6.45, 7) is 0. The van der Waals surface area contributed by atoms with Crippen LogP contribution in [0.3, 0.4) is 0 Å². The summed E-state index contributed by atoms with van der Waals surface area (Å²) in [4.78, 5) is 12.0. The van der Waals surface area contributed by atoms with Gasteiger partial charge in [0.1, 0.15) is 0 Å². The molecule has 0 radical (unpaired) electrons. The molecule has 0 aliphatic carbocycles. The highest BCUT2D eigenvalue weighted by atomic mass is 35.5. The Labute approximate surface area is 144 Å². The Balaban J connectivity index is 1.80. The molecule has 0 aliphatic heterocycles. The summed E-state index contributed by atoms with van der Waals surface area (Å²) < 4.78 is 31.3. The number of nitrogens with one attached hydrogen (secondary N) is 1. The van der Waals surface area contributed by atoms with E-state index in [2.05, 4.69) is 15.5 Å². The van der Waals surface area contributed by atoms with E-state index in [1.54, 1.807) is 12.1 Å². The largest absolute Gasteiger partial charge is 0.403 e. The zero-order valence-corrected chi connectivity index (χ0v) is 13.2. The Hall–Kier alpha value is -2.51. The summed E-state index contributed by atoms with van der Waals surface area (Å²) in [5.41, 5.74) is 0.333. The zero-order chi connectivity index (χ0) is 17.3. The van der Waals surface area contributed by atoms with E-state index >= 15 is 0 Å². The van der Waals surface area contributed by atoms with Gasteiger partial charge >= 0.3 is 6.01 Å². The number of rotatable bonds is 3. The predicted molar refractivity (Wildman–Crippen MR) is 84.1 cm³/mol. The van der Waals surface area contributed by atoms with Crippen LogP contribution in [0.2, 0.25) is 10.0 Å². The van der Waals surface area contributed by atoms with Gasteiger partial charge in [-0.05, 0) is 36.4 Å². The molecule has 5 nitrogen and oxygen atoms in total. The van der Waals surface area contributed by atoms with Gasteiger partial charge in [-0.25, -0.2) is 8.78 Å². The van der Waals surface area contributed by atoms with Crippen LogP contribution in [0.25, 0.3) is 11.5 Å². The second kappa shape index (κ2) is 6.54. The molecule has 24 heavy (non-hydrogen) atoms. The molecule has 2 aromatic carbocycles. The van der Waals surface area contributed by atoms with Crippen LogP contribution in [0.5, 0.6) is 0 Å². The quantitative estimate of drug-likeness (QED) is 0.733. The monoisotopic (exact) mass is 369 g/mol. The molecule has 3 rings (SSSR count). The second-order valence-corrected chi connectivity index (χ2v) is 5.46. The molecule has 1 N–H and O–H groups in total. The van der Waals surface area contributed by atoms with Gasteiger partial charge in [-0.1, -0.05) is 28.3 Å². The van der Waals surface area contributed by atoms with E-state index in [4.69, 9.17) is 27.6 Å². The molecule has 0 fully saturated rings. The highest BCUT2D eigenvalue weighted by Gasteiger charge is 2.16. The Morgan fingerprint density at radius 1 is 1.04 bits per heavy atom. The minimum absolute atomic E-state index is 0.0669. The summed E-state index contributed by atoms with van der Waals surface area (Å²) >= 11 is 11.8. The maximum Gasteiger partial charge on any atom is 0.322 e. The molecule has 0 unspecified atom stereocenters. The third-order valence-corrected chi connectivity index (χ3v) is 3.54. The fourth-order valence-corrected chi connectivity index (χ4v) is 2.34. The highest BCUT2D eigenvalue weighted by molar-refractivity contribution is 6.36. The minimum Gasteiger partial charge on any atom is -0.403 e. The molecule has 1 aromatic heterocycles. The van der Waals surface area contributed by atoms with Crippen LogP contribution in [-0.4, -0.2) is 16.1 Å². The first-order chi connectivity index (χ1) is 11.4. The van der Waals surface area contributed by atoms with Crippen molar-refractivity contribution in [2.45, 2.75) is 0 Å². The van der Waals surface area contributed by atoms with Gasteiger partial charge in [0.2, 0.25) is 0 Å². The lowest BCUT2D eigenvalue weighted by Gasteiger charge is -2.01. The third kappa shape index (κ3) is 3.37. The maximum absolute atomic E-state index is 13.1. The molecule has 0 bridgehead atoms. The van der Waals surface area contributed by atoms with Crippen molar-refractivity contribution in [1.82, 2.24) is 10.2 Å². The molecule has 0 saturated heterocycles. The van der Waals surface area contributed by atoms with E-state index in [-0.39, 0.29) is 17.5 Å². The number of carbonyl (C=O) groups excluding carboxylic acids is 1. The van der Waals surface area contributed by atoms with Crippen molar-refractivity contribution >= 4 is 35.1 Å². The van der Waals surface area contributed by atoms with E-state index in [0.29, 0.717) is 15.6 Å². The Morgan fingerprint density at radius 3 is 2.54 bits per heavy atom. The fraction of sp³-hybridized carbons (Fsp3) is 0. The van der Waals surface area contributed by atoms with E-state index in [1.165, 1.54) is 6.07 Å². The predicted octanol–water partition coefficient (Wildman–Crippen LogP) is 4.57. The van der Waals surface area contributed by atoms with Gasteiger partial charge in [-0.2, -0.15) is 0 Å². The Kier molecular flexibility index (Phi) is 4.46. The number of aromatic nitrogens is 2. The lowest BCUT2D eigenvalue weighted by Crippen LogP contribution is -2.12. The van der Waals surface area contributed by atoms with Crippen LogP contribution in [0.15, 0.2) is 40.8 Å².